The number of hydrogen-bond donors (Lipinski definition) is 1. The highest BCUT2D eigenvalue weighted by atomic mass is 79.9. The number of amidine groups is 1. The molecule has 11 heteroatoms. The largest absolute Gasteiger partial charge is 0.387 e. The normalized spacial score (nSPS) is 13.1. The maximum Gasteiger partial charge on any atom is 0.176 e. The zero-order valence-corrected chi connectivity index (χ0v) is 21.0. The lowest BCUT2D eigenvalue weighted by Gasteiger charge is -1.99. The van der Waals surface area contributed by atoms with E-state index in [9.17, 15) is 22.4 Å². The van der Waals surface area contributed by atoms with Crippen LogP contribution in [0.5, 0.6) is 0 Å². The summed E-state index contributed by atoms with van der Waals surface area (Å²) in [5, 5.41) is 0.0373. The second-order valence-electron chi connectivity index (χ2n) is 7.62. The van der Waals surface area contributed by atoms with E-state index in [1.807, 2.05) is 10.8 Å². The first-order valence-electron chi connectivity index (χ1n) is 10.6. The number of benzene rings is 2. The molecule has 0 spiro atoms. The van der Waals surface area contributed by atoms with E-state index in [0.717, 1.165) is 68.6 Å². The fourth-order valence-electron chi connectivity index (χ4n) is 3.43. The third kappa shape index (κ3) is 8.44. The predicted molar refractivity (Wildman–Crippen MR) is 140 cm³/mol. The molecule has 2 aliphatic heterocycles. The molecule has 36 heavy (non-hydrogen) atoms. The molecule has 0 amide bonds. The first-order chi connectivity index (χ1) is 16.3. The number of Topliss-reactive ketones (excluding diaryl/α,β-unsaturated/α-hetero) is 1. The van der Waals surface area contributed by atoms with Crippen LogP contribution in [0.3, 0.4) is 0 Å². The summed E-state index contributed by atoms with van der Waals surface area (Å²) in [6, 6.07) is 6.45. The summed E-state index contributed by atoms with van der Waals surface area (Å²) in [4.78, 5) is 19.2. The molecule has 0 saturated carbocycles. The van der Waals surface area contributed by atoms with Gasteiger partial charge >= 0.3 is 0 Å². The summed E-state index contributed by atoms with van der Waals surface area (Å²) in [6.45, 7) is 1.89. The fourth-order valence-corrected chi connectivity index (χ4v) is 3.73. The Bertz CT molecular complexity index is 1180. The number of fused-ring (bicyclic) bond motifs is 1. The zero-order chi connectivity index (χ0) is 24.7. The van der Waals surface area contributed by atoms with Gasteiger partial charge in [-0.15, -0.1) is 12.4 Å². The van der Waals surface area contributed by atoms with Crippen molar-refractivity contribution in [1.29, 1.82) is 0 Å². The predicted octanol–water partition coefficient (Wildman–Crippen LogP) is 6.51. The summed E-state index contributed by atoms with van der Waals surface area (Å²) >= 11 is 2.89. The van der Waals surface area contributed by atoms with Crippen LogP contribution in [-0.2, 0) is 13.0 Å². The van der Waals surface area contributed by atoms with Crippen LogP contribution in [0.4, 0.5) is 17.6 Å². The monoisotopic (exact) mass is 590 g/mol. The zero-order valence-electron chi connectivity index (χ0n) is 18.6. The molecule has 0 bridgehead atoms. The molecule has 3 aromatic rings. The molecule has 0 radical (unpaired) electrons. The van der Waals surface area contributed by atoms with Crippen LogP contribution in [0.1, 0.15) is 42.9 Å². The van der Waals surface area contributed by atoms with Gasteiger partial charge in [0.25, 0.3) is 0 Å². The van der Waals surface area contributed by atoms with Crippen molar-refractivity contribution in [2.24, 2.45) is 10.7 Å². The third-order valence-corrected chi connectivity index (χ3v) is 5.63. The number of aromatic nitrogens is 2. The van der Waals surface area contributed by atoms with Gasteiger partial charge in [0.05, 0.1) is 22.4 Å². The van der Waals surface area contributed by atoms with Crippen LogP contribution in [0.25, 0.3) is 11.3 Å². The van der Waals surface area contributed by atoms with Gasteiger partial charge in [0.15, 0.2) is 5.78 Å². The number of imidazole rings is 1. The average Bonchev–Trinajstić information content (AvgIpc) is 3.52. The van der Waals surface area contributed by atoms with Crippen molar-refractivity contribution >= 4 is 40.0 Å². The molecule has 5 rings (SSSR count). The molecular weight excluding hydrogens is 564 g/mol. The van der Waals surface area contributed by atoms with E-state index < -0.39 is 29.1 Å². The summed E-state index contributed by atoms with van der Waals surface area (Å²) in [6.07, 6.45) is 6.03. The molecule has 0 unspecified atom stereocenters. The molecule has 2 aromatic carbocycles. The van der Waals surface area contributed by atoms with Crippen molar-refractivity contribution in [3.63, 3.8) is 0 Å². The number of rotatable bonds is 3. The Morgan fingerprint density at radius 3 is 2.17 bits per heavy atom. The summed E-state index contributed by atoms with van der Waals surface area (Å²) in [5.41, 5.74) is 6.15. The van der Waals surface area contributed by atoms with E-state index in [0.29, 0.717) is 17.3 Å². The van der Waals surface area contributed by atoms with E-state index in [2.05, 4.69) is 25.9 Å². The second-order valence-corrected chi connectivity index (χ2v) is 8.18. The van der Waals surface area contributed by atoms with Gasteiger partial charge in [-0.1, -0.05) is 23.4 Å². The lowest BCUT2D eigenvalue weighted by atomic mass is 10.1. The number of aliphatic imine (C=N–C) groups is 1. The number of hydrogen-bond acceptors (Lipinski definition) is 4. The molecule has 0 saturated heterocycles. The van der Waals surface area contributed by atoms with Crippen LogP contribution in [0.15, 0.2) is 47.6 Å². The van der Waals surface area contributed by atoms with Gasteiger partial charge in [0.2, 0.25) is 0 Å². The topological polar surface area (TPSA) is 73.3 Å². The highest BCUT2D eigenvalue weighted by molar-refractivity contribution is 9.09. The molecule has 2 aliphatic rings. The molecule has 0 atom stereocenters. The molecule has 5 nitrogen and oxygen atoms in total. The van der Waals surface area contributed by atoms with Gasteiger partial charge in [0.1, 0.15) is 29.1 Å². The Morgan fingerprint density at radius 2 is 1.67 bits per heavy atom. The minimum absolute atomic E-state index is 0. The molecular formula is C25H28BrClF4N4O. The highest BCUT2D eigenvalue weighted by Gasteiger charge is 2.16. The van der Waals surface area contributed by atoms with Crippen molar-refractivity contribution in [3.8, 4) is 11.3 Å². The molecule has 0 aliphatic carbocycles. The molecule has 0 fully saturated rings. The standard InChI is InChI=1S/C12H10F2N2.C8H5BrF2O.C4H8N2.CH4.ClH/c13-8-3-4-9(10(14)6-8)11-7-16-5-1-2-12(16)15-11;9-4-8(12)6-2-1-5(10)3-7(6)11;5-4-2-1-3-6-4;;/h3-4,6-7H,1-2,5H2;1-3H,4H2;1-3H2,(H2,5,6);1H4;1H. The smallest absolute Gasteiger partial charge is 0.176 e. The number of halogens is 6. The Kier molecular flexibility index (Phi) is 12.8. The first-order valence-corrected chi connectivity index (χ1v) is 11.7. The Hall–Kier alpha value is -2.72. The minimum Gasteiger partial charge on any atom is -0.387 e. The second kappa shape index (κ2) is 14.7. The van der Waals surface area contributed by atoms with E-state index in [1.165, 1.54) is 12.1 Å². The van der Waals surface area contributed by atoms with Crippen LogP contribution in [0, 0.1) is 23.3 Å². The van der Waals surface area contributed by atoms with Crippen LogP contribution in [-0.4, -0.2) is 33.0 Å². The maximum absolute atomic E-state index is 13.5. The number of aryl methyl sites for hydroxylation is 2. The van der Waals surface area contributed by atoms with Crippen molar-refractivity contribution in [1.82, 2.24) is 9.55 Å². The van der Waals surface area contributed by atoms with Gasteiger partial charge in [-0.3, -0.25) is 9.79 Å². The summed E-state index contributed by atoms with van der Waals surface area (Å²) in [5.74, 6) is -1.20. The molecule has 3 heterocycles. The third-order valence-electron chi connectivity index (χ3n) is 5.12. The van der Waals surface area contributed by atoms with E-state index in [4.69, 9.17) is 5.73 Å². The van der Waals surface area contributed by atoms with E-state index in [1.54, 1.807) is 0 Å². The van der Waals surface area contributed by atoms with Crippen molar-refractivity contribution in [2.75, 3.05) is 11.9 Å². The lowest BCUT2D eigenvalue weighted by Crippen LogP contribution is -2.05. The van der Waals surface area contributed by atoms with Gasteiger partial charge in [-0.2, -0.15) is 0 Å². The fraction of sp³-hybridized carbons (Fsp3) is 0.320. The maximum atomic E-state index is 13.5. The summed E-state index contributed by atoms with van der Waals surface area (Å²) < 4.78 is 53.5. The van der Waals surface area contributed by atoms with E-state index in [-0.39, 0.29) is 30.7 Å². The van der Waals surface area contributed by atoms with Crippen LogP contribution < -0.4 is 5.73 Å². The Balaban J connectivity index is 0.000000288. The molecule has 1 aromatic heterocycles. The highest BCUT2D eigenvalue weighted by Crippen LogP contribution is 2.25. The molecule has 196 valence electrons. The van der Waals surface area contributed by atoms with Crippen molar-refractivity contribution < 1.29 is 22.4 Å². The number of nitrogens with zero attached hydrogens (tertiary/aromatic N) is 3. The number of ketones is 1. The minimum atomic E-state index is -0.820. The Labute approximate surface area is 222 Å². The Morgan fingerprint density at radius 1 is 1.00 bits per heavy atom. The first kappa shape index (κ1) is 31.3. The number of carbonyl (C=O) groups is 1. The van der Waals surface area contributed by atoms with Gasteiger partial charge in [0, 0.05) is 49.8 Å². The quantitative estimate of drug-likeness (QED) is 0.214. The van der Waals surface area contributed by atoms with Crippen molar-refractivity contribution in [2.45, 2.75) is 39.7 Å². The number of carbonyl (C=O) groups excluding carboxylic acids is 1. The van der Waals surface area contributed by atoms with Crippen LogP contribution >= 0.6 is 28.3 Å². The van der Waals surface area contributed by atoms with Gasteiger partial charge in [-0.05, 0) is 37.1 Å². The summed E-state index contributed by atoms with van der Waals surface area (Å²) in [7, 11) is 0. The van der Waals surface area contributed by atoms with Crippen molar-refractivity contribution in [3.05, 3.63) is 77.3 Å². The molecule has 2 N–H and O–H groups in total. The van der Waals surface area contributed by atoms with Crippen LogP contribution in [0.2, 0.25) is 0 Å². The van der Waals surface area contributed by atoms with Gasteiger partial charge < -0.3 is 10.3 Å². The van der Waals surface area contributed by atoms with Gasteiger partial charge in [-0.25, -0.2) is 22.5 Å². The number of nitrogens with two attached hydrogens (primary N) is 1. The average molecular weight is 592 g/mol. The lowest BCUT2D eigenvalue weighted by molar-refractivity contribution is 0.102. The number of alkyl halides is 1. The SMILES string of the molecule is C.Cl.Fc1ccc(-c2cn3c(n2)CCC3)c(F)c1.NC1=NCCC1.O=C(CBr)c1ccc(F)cc1F. The van der Waals surface area contributed by atoms with E-state index >= 15 is 0 Å².